The fraction of sp³-hybridized carbons (Fsp3) is 0.0588. The number of nitrogens with one attached hydrogen (secondary N) is 1. The number of rotatable bonds is 4. The molecule has 0 spiro atoms. The first-order valence-corrected chi connectivity index (χ1v) is 8.78. The summed E-state index contributed by atoms with van der Waals surface area (Å²) in [4.78, 5) is 29.1. The van der Waals surface area contributed by atoms with Crippen LogP contribution in [0.1, 0.15) is 0 Å². The topological polar surface area (TPSA) is 108 Å². The minimum atomic E-state index is -0.627. The zero-order chi connectivity index (χ0) is 19.7. The first-order chi connectivity index (χ1) is 13.5. The molecule has 0 saturated heterocycles. The molecule has 11 heteroatoms. The number of carbonyl (C=O) groups excluding carboxylic acids is 1. The van der Waals surface area contributed by atoms with Crippen molar-refractivity contribution in [3.05, 3.63) is 69.7 Å². The van der Waals surface area contributed by atoms with E-state index in [9.17, 15) is 14.0 Å². The third-order valence-corrected chi connectivity index (χ3v) is 4.43. The largest absolute Gasteiger partial charge is 0.322 e. The zero-order valence-corrected chi connectivity index (χ0v) is 15.7. The van der Waals surface area contributed by atoms with E-state index in [0.29, 0.717) is 16.6 Å². The van der Waals surface area contributed by atoms with Gasteiger partial charge in [0, 0.05) is 4.47 Å². The lowest BCUT2D eigenvalue weighted by molar-refractivity contribution is -0.116. The molecule has 1 N–H and O–H groups in total. The van der Waals surface area contributed by atoms with Crippen molar-refractivity contribution in [3.8, 4) is 5.69 Å². The highest BCUT2D eigenvalue weighted by atomic mass is 79.9. The Bertz CT molecular complexity index is 1240. The molecule has 2 aromatic carbocycles. The number of nitrogens with zero attached hydrogens (tertiary/aromatic N) is 6. The summed E-state index contributed by atoms with van der Waals surface area (Å²) >= 11 is 3.30. The van der Waals surface area contributed by atoms with Crippen LogP contribution < -0.4 is 10.9 Å². The van der Waals surface area contributed by atoms with E-state index in [1.807, 2.05) is 0 Å². The van der Waals surface area contributed by atoms with Gasteiger partial charge in [-0.05, 0) is 46.8 Å². The second kappa shape index (κ2) is 7.27. The first-order valence-electron chi connectivity index (χ1n) is 7.99. The van der Waals surface area contributed by atoms with Crippen LogP contribution in [0, 0.1) is 5.82 Å². The van der Waals surface area contributed by atoms with Crippen molar-refractivity contribution in [1.29, 1.82) is 0 Å². The minimum Gasteiger partial charge on any atom is -0.322 e. The molecule has 0 radical (unpaired) electrons. The van der Waals surface area contributed by atoms with Gasteiger partial charge in [0.2, 0.25) is 5.91 Å². The molecular weight excluding hydrogens is 433 g/mol. The van der Waals surface area contributed by atoms with E-state index in [0.717, 1.165) is 9.04 Å². The second-order valence-electron chi connectivity index (χ2n) is 5.81. The van der Waals surface area contributed by atoms with Gasteiger partial charge in [0.05, 0.1) is 28.6 Å². The maximum atomic E-state index is 14.1. The standard InChI is InChI=1S/C17H11BrFN7O2/c18-10-1-4-14-12(5-10)17(28)25(8-20-14)7-16(27)22-15-6-11(2-3-13(15)19)26-9-21-23-24-26/h1-6,8-9H,7H2,(H,22,27). The van der Waals surface area contributed by atoms with Gasteiger partial charge in [0.15, 0.2) is 0 Å². The SMILES string of the molecule is O=C(Cn1cnc2ccc(Br)cc2c1=O)Nc1cc(-n2cnnn2)ccc1F. The fourth-order valence-electron chi connectivity index (χ4n) is 2.62. The Morgan fingerprint density at radius 2 is 2.04 bits per heavy atom. The number of halogens is 2. The van der Waals surface area contributed by atoms with Crippen molar-refractivity contribution in [2.75, 3.05) is 5.32 Å². The average Bonchev–Trinajstić information content (AvgIpc) is 3.21. The number of carbonyl (C=O) groups is 1. The molecule has 1 amide bonds. The summed E-state index contributed by atoms with van der Waals surface area (Å²) in [7, 11) is 0. The van der Waals surface area contributed by atoms with Gasteiger partial charge < -0.3 is 5.32 Å². The molecule has 0 aliphatic heterocycles. The molecule has 0 bridgehead atoms. The van der Waals surface area contributed by atoms with Gasteiger partial charge in [0.25, 0.3) is 5.56 Å². The van der Waals surface area contributed by atoms with Gasteiger partial charge in [-0.15, -0.1) is 5.10 Å². The van der Waals surface area contributed by atoms with E-state index in [4.69, 9.17) is 0 Å². The van der Waals surface area contributed by atoms with Gasteiger partial charge in [-0.1, -0.05) is 15.9 Å². The molecule has 4 aromatic rings. The normalized spacial score (nSPS) is 10.9. The number of anilines is 1. The van der Waals surface area contributed by atoms with E-state index >= 15 is 0 Å². The molecule has 9 nitrogen and oxygen atoms in total. The van der Waals surface area contributed by atoms with Gasteiger partial charge in [0.1, 0.15) is 18.7 Å². The number of aromatic nitrogens is 6. The Hall–Kier alpha value is -3.47. The maximum Gasteiger partial charge on any atom is 0.261 e. The third-order valence-electron chi connectivity index (χ3n) is 3.94. The Labute approximate surface area is 164 Å². The summed E-state index contributed by atoms with van der Waals surface area (Å²) in [6, 6.07) is 9.15. The molecule has 2 heterocycles. The molecule has 0 fully saturated rings. The number of tetrazole rings is 1. The van der Waals surface area contributed by atoms with Crippen LogP contribution in [-0.4, -0.2) is 35.7 Å². The quantitative estimate of drug-likeness (QED) is 0.516. The van der Waals surface area contributed by atoms with Crippen molar-refractivity contribution < 1.29 is 9.18 Å². The van der Waals surface area contributed by atoms with E-state index in [1.54, 1.807) is 18.2 Å². The molecule has 140 valence electrons. The number of amides is 1. The predicted molar refractivity (Wildman–Crippen MR) is 101 cm³/mol. The number of hydrogen-bond donors (Lipinski definition) is 1. The monoisotopic (exact) mass is 443 g/mol. The number of fused-ring (bicyclic) bond motifs is 1. The third kappa shape index (κ3) is 3.51. The van der Waals surface area contributed by atoms with Crippen molar-refractivity contribution in [2.24, 2.45) is 0 Å². The Kier molecular flexibility index (Phi) is 4.65. The summed E-state index contributed by atoms with van der Waals surface area (Å²) in [5.74, 6) is -1.20. The highest BCUT2D eigenvalue weighted by Crippen LogP contribution is 2.18. The number of hydrogen-bond acceptors (Lipinski definition) is 6. The minimum absolute atomic E-state index is 0.0532. The van der Waals surface area contributed by atoms with E-state index in [2.05, 4.69) is 41.8 Å². The Balaban J connectivity index is 1.58. The summed E-state index contributed by atoms with van der Waals surface area (Å²) < 4.78 is 17.3. The summed E-state index contributed by atoms with van der Waals surface area (Å²) in [6.45, 7) is -0.317. The van der Waals surface area contributed by atoms with Crippen LogP contribution in [0.25, 0.3) is 16.6 Å². The van der Waals surface area contributed by atoms with Crippen LogP contribution in [0.2, 0.25) is 0 Å². The fourth-order valence-corrected chi connectivity index (χ4v) is 2.98. The lowest BCUT2D eigenvalue weighted by Gasteiger charge is -2.10. The van der Waals surface area contributed by atoms with Crippen LogP contribution in [0.5, 0.6) is 0 Å². The highest BCUT2D eigenvalue weighted by Gasteiger charge is 2.12. The van der Waals surface area contributed by atoms with Crippen LogP contribution in [-0.2, 0) is 11.3 Å². The molecule has 28 heavy (non-hydrogen) atoms. The van der Waals surface area contributed by atoms with Crippen LogP contribution in [0.4, 0.5) is 10.1 Å². The van der Waals surface area contributed by atoms with Crippen LogP contribution >= 0.6 is 15.9 Å². The highest BCUT2D eigenvalue weighted by molar-refractivity contribution is 9.10. The summed E-state index contributed by atoms with van der Waals surface area (Å²) in [6.07, 6.45) is 2.63. The molecule has 0 aliphatic rings. The molecule has 0 aliphatic carbocycles. The molecule has 4 rings (SSSR count). The Morgan fingerprint density at radius 1 is 1.18 bits per heavy atom. The predicted octanol–water partition coefficient (Wildman–Crippen LogP) is 1.91. The second-order valence-corrected chi connectivity index (χ2v) is 6.72. The van der Waals surface area contributed by atoms with Gasteiger partial charge in [-0.25, -0.2) is 14.1 Å². The number of benzene rings is 2. The average molecular weight is 444 g/mol. The van der Waals surface area contributed by atoms with Gasteiger partial charge in [-0.2, -0.15) is 0 Å². The maximum absolute atomic E-state index is 14.1. The smallest absolute Gasteiger partial charge is 0.261 e. The summed E-state index contributed by atoms with van der Waals surface area (Å²) in [5.41, 5.74) is 0.563. The van der Waals surface area contributed by atoms with Crippen LogP contribution in [0.15, 0.2) is 58.3 Å². The molecule has 0 saturated carbocycles. The first kappa shape index (κ1) is 17.9. The van der Waals surface area contributed by atoms with E-state index in [1.165, 1.54) is 35.5 Å². The van der Waals surface area contributed by atoms with E-state index < -0.39 is 11.7 Å². The van der Waals surface area contributed by atoms with E-state index in [-0.39, 0.29) is 17.8 Å². The van der Waals surface area contributed by atoms with Crippen molar-refractivity contribution in [1.82, 2.24) is 29.8 Å². The molecule has 2 aromatic heterocycles. The Morgan fingerprint density at radius 3 is 2.82 bits per heavy atom. The molecular formula is C17H11BrFN7O2. The van der Waals surface area contributed by atoms with Gasteiger partial charge in [-0.3, -0.25) is 14.2 Å². The van der Waals surface area contributed by atoms with Crippen molar-refractivity contribution in [3.63, 3.8) is 0 Å². The molecule has 0 atom stereocenters. The lowest BCUT2D eigenvalue weighted by Crippen LogP contribution is -2.28. The molecule has 0 unspecified atom stereocenters. The zero-order valence-electron chi connectivity index (χ0n) is 14.1. The van der Waals surface area contributed by atoms with Crippen molar-refractivity contribution in [2.45, 2.75) is 6.54 Å². The summed E-state index contributed by atoms with van der Waals surface area (Å²) in [5, 5.41) is 13.6. The van der Waals surface area contributed by atoms with Crippen LogP contribution in [0.3, 0.4) is 0 Å². The van der Waals surface area contributed by atoms with Gasteiger partial charge >= 0.3 is 0 Å². The lowest BCUT2D eigenvalue weighted by atomic mass is 10.2. The van der Waals surface area contributed by atoms with Crippen molar-refractivity contribution >= 4 is 38.4 Å².